The van der Waals surface area contributed by atoms with Crippen molar-refractivity contribution in [3.8, 4) is 6.07 Å². The summed E-state index contributed by atoms with van der Waals surface area (Å²) < 4.78 is 8.95. The molecule has 0 aromatic heterocycles. The molecule has 9 heteroatoms. The maximum absolute atomic E-state index is 10.3. The number of ether oxygens (including phenoxy) is 2. The van der Waals surface area contributed by atoms with Crippen molar-refractivity contribution in [3.63, 3.8) is 0 Å². The van der Waals surface area contributed by atoms with Gasteiger partial charge in [0.1, 0.15) is 0 Å². The van der Waals surface area contributed by atoms with Crippen LogP contribution in [0, 0.1) is 11.3 Å². The molecule has 1 aromatic carbocycles. The minimum absolute atomic E-state index is 0.303. The molecule has 0 aliphatic rings. The minimum atomic E-state index is -1.27. The highest BCUT2D eigenvalue weighted by atomic mass is 16.5. The van der Waals surface area contributed by atoms with Gasteiger partial charge in [0.25, 0.3) is 0 Å². The van der Waals surface area contributed by atoms with E-state index in [0.717, 1.165) is 12.8 Å². The number of nitriles is 1. The molecule has 0 saturated heterocycles. The van der Waals surface area contributed by atoms with Crippen molar-refractivity contribution < 1.29 is 38.9 Å². The maximum atomic E-state index is 10.3. The zero-order valence-corrected chi connectivity index (χ0v) is 21.8. The molecule has 0 heterocycles. The molecule has 0 spiro atoms. The van der Waals surface area contributed by atoms with E-state index in [1.165, 1.54) is 24.8 Å². The molecule has 1 aromatic rings. The summed E-state index contributed by atoms with van der Waals surface area (Å²) in [5.74, 6) is -3.12. The fraction of sp³-hybridized carbons (Fsp3) is 0.250. The van der Waals surface area contributed by atoms with Gasteiger partial charge in [-0.3, -0.25) is 4.79 Å². The molecule has 0 amide bonds. The van der Waals surface area contributed by atoms with Gasteiger partial charge in [-0.1, -0.05) is 82.6 Å². The fourth-order valence-electron chi connectivity index (χ4n) is 1.40. The highest BCUT2D eigenvalue weighted by molar-refractivity contribution is 5.91. The van der Waals surface area contributed by atoms with Crippen LogP contribution in [0.25, 0.3) is 6.08 Å². The number of hydrogen-bond acceptors (Lipinski definition) is 7. The van der Waals surface area contributed by atoms with Crippen LogP contribution < -0.4 is 0 Å². The number of carbonyl (C=O) groups is 4. The smallest absolute Gasteiger partial charge is 0.332 e. The van der Waals surface area contributed by atoms with Gasteiger partial charge in [0.2, 0.25) is 0 Å². The van der Waals surface area contributed by atoms with E-state index in [0.29, 0.717) is 12.2 Å². The van der Waals surface area contributed by atoms with Crippen molar-refractivity contribution >= 4 is 30.0 Å². The zero-order valence-electron chi connectivity index (χ0n) is 21.8. The molecule has 0 saturated carbocycles. The summed E-state index contributed by atoms with van der Waals surface area (Å²) in [5, 5.41) is 23.6. The van der Waals surface area contributed by atoms with Gasteiger partial charge in [0.05, 0.1) is 26.2 Å². The van der Waals surface area contributed by atoms with E-state index in [-0.39, 0.29) is 17.5 Å². The highest BCUT2D eigenvalue weighted by Crippen LogP contribution is 1.97. The van der Waals surface area contributed by atoms with Crippen molar-refractivity contribution in [2.75, 3.05) is 13.7 Å². The molecule has 1 rings (SSSR count). The quantitative estimate of drug-likeness (QED) is 0.191. The number of rotatable bonds is 9. The van der Waals surface area contributed by atoms with Gasteiger partial charge in [-0.05, 0) is 18.9 Å². The number of allylic oxidation sites excluding steroid dienone is 1. The van der Waals surface area contributed by atoms with Gasteiger partial charge >= 0.3 is 23.9 Å². The lowest BCUT2D eigenvalue weighted by Crippen LogP contribution is -2.04. The number of esters is 2. The van der Waals surface area contributed by atoms with Gasteiger partial charge in [-0.15, -0.1) is 0 Å². The molecule has 0 aliphatic carbocycles. The van der Waals surface area contributed by atoms with Crippen molar-refractivity contribution in [1.29, 1.82) is 5.26 Å². The normalized spacial score (nSPS) is 7.84. The minimum Gasteiger partial charge on any atom is -0.481 e. The third-order valence-electron chi connectivity index (χ3n) is 3.24. The summed E-state index contributed by atoms with van der Waals surface area (Å²) in [6, 6.07) is 11.7. The lowest BCUT2D eigenvalue weighted by molar-refractivity contribution is -0.139. The van der Waals surface area contributed by atoms with Crippen molar-refractivity contribution in [1.82, 2.24) is 0 Å². The van der Waals surface area contributed by atoms with E-state index >= 15 is 0 Å². The number of carboxylic acids is 2. The van der Waals surface area contributed by atoms with Gasteiger partial charge in [0.15, 0.2) is 0 Å². The van der Waals surface area contributed by atoms with Crippen molar-refractivity contribution in [2.24, 2.45) is 0 Å². The average molecular weight is 516 g/mol. The molecule has 0 fully saturated rings. The molecule has 0 atom stereocenters. The first-order chi connectivity index (χ1) is 17.4. The number of nitrogens with zero attached hydrogens (tertiary/aromatic N) is 1. The Hall–Kier alpha value is -4.71. The van der Waals surface area contributed by atoms with Crippen LogP contribution in [0.3, 0.4) is 0 Å². The van der Waals surface area contributed by atoms with Crippen molar-refractivity contribution in [3.05, 3.63) is 92.1 Å². The summed E-state index contributed by atoms with van der Waals surface area (Å²) >= 11 is 0. The Morgan fingerprint density at radius 1 is 1.05 bits per heavy atom. The van der Waals surface area contributed by atoms with Crippen LogP contribution in [0.15, 0.2) is 86.5 Å². The van der Waals surface area contributed by atoms with E-state index in [1.807, 2.05) is 43.3 Å². The lowest BCUT2D eigenvalue weighted by atomic mass is 10.2. The summed E-state index contributed by atoms with van der Waals surface area (Å²) in [6.45, 7) is 20.5. The largest absolute Gasteiger partial charge is 0.481 e. The summed E-state index contributed by atoms with van der Waals surface area (Å²) in [4.78, 5) is 40.2. The molecular formula is C28H37NO8. The predicted molar refractivity (Wildman–Crippen MR) is 144 cm³/mol. The molecule has 37 heavy (non-hydrogen) atoms. The lowest BCUT2D eigenvalue weighted by Gasteiger charge is -1.97. The molecule has 0 bridgehead atoms. The fourth-order valence-corrected chi connectivity index (χ4v) is 1.40. The number of hydrogen-bond donors (Lipinski definition) is 2. The Morgan fingerprint density at radius 2 is 1.57 bits per heavy atom. The average Bonchev–Trinajstić information content (AvgIpc) is 2.89. The zero-order chi connectivity index (χ0) is 29.6. The third-order valence-corrected chi connectivity index (χ3v) is 3.24. The second-order valence-electron chi connectivity index (χ2n) is 6.42. The summed E-state index contributed by atoms with van der Waals surface area (Å²) in [6.07, 6.45) is 5.66. The second-order valence-corrected chi connectivity index (χ2v) is 6.42. The van der Waals surface area contributed by atoms with Gasteiger partial charge < -0.3 is 19.7 Å². The van der Waals surface area contributed by atoms with Gasteiger partial charge in [-0.2, -0.15) is 5.26 Å². The van der Waals surface area contributed by atoms with Gasteiger partial charge in [-0.25, -0.2) is 14.4 Å². The molecule has 202 valence electrons. The Balaban J connectivity index is -0.000000188. The number of carboxylic acid groups (broad SMARTS) is 2. The Kier molecular flexibility index (Phi) is 31.3. The Bertz CT molecular complexity index is 912. The van der Waals surface area contributed by atoms with Crippen LogP contribution in [0.2, 0.25) is 0 Å². The van der Waals surface area contributed by atoms with Crippen LogP contribution >= 0.6 is 0 Å². The van der Waals surface area contributed by atoms with E-state index < -0.39 is 18.4 Å². The Labute approximate surface area is 219 Å². The number of unbranched alkanes of at least 4 members (excludes halogenated alkanes) is 1. The number of aliphatic carboxylic acids is 2. The first-order valence-electron chi connectivity index (χ1n) is 10.7. The number of carbonyl (C=O) groups excluding carboxylic acids is 2. The van der Waals surface area contributed by atoms with E-state index in [9.17, 15) is 19.2 Å². The highest BCUT2D eigenvalue weighted by Gasteiger charge is 2.07. The first-order valence-corrected chi connectivity index (χ1v) is 10.7. The third kappa shape index (κ3) is 36.0. The second kappa shape index (κ2) is 29.3. The molecule has 0 unspecified atom stereocenters. The molecule has 9 nitrogen and oxygen atoms in total. The maximum Gasteiger partial charge on any atom is 0.332 e. The van der Waals surface area contributed by atoms with E-state index in [1.54, 1.807) is 13.0 Å². The topological polar surface area (TPSA) is 151 Å². The molecule has 0 radical (unpaired) electrons. The summed E-state index contributed by atoms with van der Waals surface area (Å²) in [7, 11) is 1.33. The molecular weight excluding hydrogens is 478 g/mol. The Morgan fingerprint density at radius 3 is 1.78 bits per heavy atom. The number of benzene rings is 1. The van der Waals surface area contributed by atoms with Crippen LogP contribution in [0.5, 0.6) is 0 Å². The van der Waals surface area contributed by atoms with Gasteiger partial charge in [0, 0.05) is 23.3 Å². The predicted octanol–water partition coefficient (Wildman–Crippen LogP) is 5.38. The van der Waals surface area contributed by atoms with Crippen LogP contribution in [-0.2, 0) is 28.7 Å². The molecule has 0 aliphatic heterocycles. The van der Waals surface area contributed by atoms with E-state index in [2.05, 4.69) is 42.4 Å². The monoisotopic (exact) mass is 515 g/mol. The van der Waals surface area contributed by atoms with E-state index in [4.69, 9.17) is 15.5 Å². The van der Waals surface area contributed by atoms with Crippen LogP contribution in [0.4, 0.5) is 0 Å². The van der Waals surface area contributed by atoms with Crippen LogP contribution in [-0.4, -0.2) is 47.8 Å². The first kappa shape index (κ1) is 39.5. The number of methoxy groups -OCH3 is 1. The summed E-state index contributed by atoms with van der Waals surface area (Å²) in [5.41, 5.74) is 1.30. The SMILES string of the molecule is C=C(C)C(=O)OC.C=C(CC(=O)O)C(=O)O.C=CC#N.C=CC(=O)OCCCC.C=Cc1ccccc1. The molecule has 2 N–H and O–H groups in total. The van der Waals surface area contributed by atoms with Crippen molar-refractivity contribution in [2.45, 2.75) is 33.1 Å². The van der Waals surface area contributed by atoms with Crippen LogP contribution in [0.1, 0.15) is 38.7 Å². The standard InChI is InChI=1S/C8H8.C7H12O2.C5H6O4.C5H8O2.C3H3N/c1-2-8-6-4-3-5-7-8;1-3-5-6-9-7(8)4-2;1-3(5(8)9)2-4(6)7;1-4(2)5(6)7-3;1-2-3-4/h2-7H,1H2;4H,2-3,5-6H2,1H3;1-2H2,(H,6,7)(H,8,9);1H2,2-3H3;2H,1H2.